The quantitative estimate of drug-likeness (QED) is 0.134. The van der Waals surface area contributed by atoms with E-state index in [1.807, 2.05) is 0 Å². The largest absolute Gasteiger partial charge is 0.243 e. The zero-order valence-electron chi connectivity index (χ0n) is 22.4. The number of benzene rings is 1. The third-order valence-electron chi connectivity index (χ3n) is 7.56. The van der Waals surface area contributed by atoms with Crippen molar-refractivity contribution in [3.63, 3.8) is 0 Å². The van der Waals surface area contributed by atoms with E-state index in [9.17, 15) is 0 Å². The lowest BCUT2D eigenvalue weighted by molar-refractivity contribution is 0.315. The minimum absolute atomic E-state index is 0.732. The topological polar surface area (TPSA) is 38.9 Å². The summed E-state index contributed by atoms with van der Waals surface area (Å²) in [5.74, 6) is 1.46. The van der Waals surface area contributed by atoms with Gasteiger partial charge >= 0.3 is 0 Å². The van der Waals surface area contributed by atoms with Crippen LogP contribution in [0.3, 0.4) is 0 Å². The third-order valence-corrected chi connectivity index (χ3v) is 11.6. The summed E-state index contributed by atoms with van der Waals surface area (Å²) < 4.78 is 7.76. The monoisotopic (exact) mass is 664 g/mol. The highest BCUT2D eigenvalue weighted by Crippen LogP contribution is 2.43. The zero-order valence-corrected chi connectivity index (χ0v) is 27.2. The summed E-state index contributed by atoms with van der Waals surface area (Å²) in [7, 11) is 0. The number of hydrogen-bond acceptors (Lipinski definition) is 5. The van der Waals surface area contributed by atoms with Gasteiger partial charge in [0.25, 0.3) is 0 Å². The Hall–Kier alpha value is -1.02. The Labute approximate surface area is 246 Å². The summed E-state index contributed by atoms with van der Waals surface area (Å²) in [6.45, 7) is 9.17. The molecule has 0 saturated heterocycles. The van der Waals surface area contributed by atoms with Crippen LogP contribution >= 0.6 is 54.5 Å². The second kappa shape index (κ2) is 13.9. The maximum Gasteiger partial charge on any atom is 0.144 e. The van der Waals surface area contributed by atoms with E-state index in [1.54, 1.807) is 22.7 Å². The van der Waals surface area contributed by atoms with E-state index < -0.39 is 0 Å². The summed E-state index contributed by atoms with van der Waals surface area (Å²) >= 11 is 11.3. The van der Waals surface area contributed by atoms with Crippen molar-refractivity contribution in [1.29, 1.82) is 0 Å². The van der Waals surface area contributed by atoms with Crippen molar-refractivity contribution in [2.45, 2.75) is 91.9 Å². The molecular weight excluding hydrogens is 628 g/mol. The molecule has 0 radical (unpaired) electrons. The first-order valence-corrected chi connectivity index (χ1v) is 17.0. The summed E-state index contributed by atoms with van der Waals surface area (Å²) in [6.07, 6.45) is 12.4. The molecule has 0 fully saturated rings. The smallest absolute Gasteiger partial charge is 0.144 e. The molecule has 7 heteroatoms. The molecule has 0 amide bonds. The van der Waals surface area contributed by atoms with Crippen LogP contribution in [0.15, 0.2) is 36.5 Å². The number of hydrogen-bond donors (Lipinski definition) is 0. The normalized spacial score (nSPS) is 13.5. The van der Waals surface area contributed by atoms with Crippen LogP contribution in [0.4, 0.5) is 0 Å². The van der Waals surface area contributed by atoms with Crippen LogP contribution < -0.4 is 0 Å². The molecule has 0 N–H and O–H groups in total. The van der Waals surface area contributed by atoms with Crippen molar-refractivity contribution >= 4 is 65.6 Å². The summed E-state index contributed by atoms with van der Waals surface area (Å²) in [5, 5.41) is 8.72. The average molecular weight is 667 g/mol. The van der Waals surface area contributed by atoms with Gasteiger partial charge in [-0.2, -0.15) is 0 Å². The van der Waals surface area contributed by atoms with Gasteiger partial charge in [-0.05, 0) is 90.1 Å². The van der Waals surface area contributed by atoms with E-state index in [0.717, 1.165) is 46.8 Å². The molecule has 200 valence electrons. The fourth-order valence-electron chi connectivity index (χ4n) is 5.13. The van der Waals surface area contributed by atoms with Gasteiger partial charge in [-0.25, -0.2) is 4.63 Å². The molecule has 4 rings (SSSR count). The van der Waals surface area contributed by atoms with E-state index >= 15 is 0 Å². The van der Waals surface area contributed by atoms with Crippen molar-refractivity contribution in [2.24, 2.45) is 11.8 Å². The molecule has 0 bridgehead atoms. The molecule has 0 spiro atoms. The minimum Gasteiger partial charge on any atom is -0.243 e. The first-order chi connectivity index (χ1) is 18.0. The van der Waals surface area contributed by atoms with E-state index in [-0.39, 0.29) is 0 Å². The van der Waals surface area contributed by atoms with Gasteiger partial charge in [-0.3, -0.25) is 0 Å². The van der Waals surface area contributed by atoms with E-state index in [0.29, 0.717) is 0 Å². The van der Waals surface area contributed by atoms with Gasteiger partial charge in [0.2, 0.25) is 0 Å². The van der Waals surface area contributed by atoms with Crippen LogP contribution in [-0.2, 0) is 12.8 Å². The second-order valence-corrected chi connectivity index (χ2v) is 14.9. The van der Waals surface area contributed by atoms with Crippen LogP contribution in [0, 0.1) is 11.8 Å². The highest BCUT2D eigenvalue weighted by Gasteiger charge is 2.21. The lowest BCUT2D eigenvalue weighted by Gasteiger charge is -2.13. The first-order valence-electron chi connectivity index (χ1n) is 13.8. The van der Waals surface area contributed by atoms with Gasteiger partial charge in [-0.15, -0.1) is 22.7 Å². The van der Waals surface area contributed by atoms with E-state index in [2.05, 4.69) is 94.1 Å². The molecule has 0 aliphatic heterocycles. The molecule has 0 saturated carbocycles. The number of aromatic nitrogens is 2. The Morgan fingerprint density at radius 1 is 0.730 bits per heavy atom. The van der Waals surface area contributed by atoms with Crippen LogP contribution in [0.25, 0.3) is 31.9 Å². The fourth-order valence-corrected chi connectivity index (χ4v) is 8.61. The van der Waals surface area contributed by atoms with Crippen molar-refractivity contribution < 1.29 is 4.63 Å². The number of nitrogens with zero attached hydrogens (tertiary/aromatic N) is 2. The zero-order chi connectivity index (χ0) is 26.4. The molecule has 3 aromatic heterocycles. The SMILES string of the molecule is CCCCC(CC)Cc1cc(-c2ccc(-c3cc(CC(CC)CCCC)c(Br)s3)c3nonc23)sc1Br. The maximum atomic E-state index is 5.30. The predicted molar refractivity (Wildman–Crippen MR) is 168 cm³/mol. The number of unbranched alkanes of at least 4 members (excludes halogenated alkanes) is 2. The van der Waals surface area contributed by atoms with Gasteiger partial charge in [0.15, 0.2) is 0 Å². The molecule has 3 heterocycles. The lowest BCUT2D eigenvalue weighted by Crippen LogP contribution is -2.02. The van der Waals surface area contributed by atoms with Crippen molar-refractivity contribution in [3.05, 3.63) is 43.0 Å². The minimum atomic E-state index is 0.732. The lowest BCUT2D eigenvalue weighted by atomic mass is 9.92. The highest BCUT2D eigenvalue weighted by atomic mass is 79.9. The van der Waals surface area contributed by atoms with Gasteiger partial charge in [0.1, 0.15) is 11.0 Å². The van der Waals surface area contributed by atoms with Crippen LogP contribution in [0.2, 0.25) is 0 Å². The third kappa shape index (κ3) is 6.95. The average Bonchev–Trinajstić information content (AvgIpc) is 3.62. The van der Waals surface area contributed by atoms with Crippen molar-refractivity contribution in [2.75, 3.05) is 0 Å². The summed E-state index contributed by atoms with van der Waals surface area (Å²) in [6, 6.07) is 9.07. The van der Waals surface area contributed by atoms with E-state index in [1.165, 1.54) is 79.8 Å². The highest BCUT2D eigenvalue weighted by molar-refractivity contribution is 9.11. The summed E-state index contributed by atoms with van der Waals surface area (Å²) in [4.78, 5) is 2.43. The van der Waals surface area contributed by atoms with Gasteiger partial charge in [-0.1, -0.05) is 91.2 Å². The molecule has 1 aromatic carbocycles. The molecule has 3 nitrogen and oxygen atoms in total. The van der Waals surface area contributed by atoms with Crippen molar-refractivity contribution in [1.82, 2.24) is 10.3 Å². The first kappa shape index (κ1) is 29.0. The predicted octanol–water partition coefficient (Wildman–Crippen LogP) is 11.7. The van der Waals surface area contributed by atoms with Gasteiger partial charge < -0.3 is 0 Å². The molecule has 0 aliphatic rings. The molecule has 37 heavy (non-hydrogen) atoms. The number of halogens is 2. The van der Waals surface area contributed by atoms with Crippen molar-refractivity contribution in [3.8, 4) is 20.9 Å². The summed E-state index contributed by atoms with van der Waals surface area (Å²) in [5.41, 5.74) is 6.68. The Balaban J connectivity index is 1.61. The molecule has 2 atom stereocenters. The number of thiophene rings is 2. The number of fused-ring (bicyclic) bond motifs is 1. The van der Waals surface area contributed by atoms with Gasteiger partial charge in [0, 0.05) is 20.9 Å². The Morgan fingerprint density at radius 3 is 1.54 bits per heavy atom. The Morgan fingerprint density at radius 2 is 1.16 bits per heavy atom. The maximum absolute atomic E-state index is 5.30. The fraction of sp³-hybridized carbons (Fsp3) is 0.533. The molecular formula is C30H38Br2N2OS2. The Kier molecular flexibility index (Phi) is 10.9. The van der Waals surface area contributed by atoms with E-state index in [4.69, 9.17) is 4.63 Å². The number of rotatable bonds is 14. The van der Waals surface area contributed by atoms with Gasteiger partial charge in [0.05, 0.1) is 7.57 Å². The van der Waals surface area contributed by atoms with Crippen LogP contribution in [-0.4, -0.2) is 10.3 Å². The van der Waals surface area contributed by atoms with Crippen LogP contribution in [0.1, 0.15) is 90.2 Å². The molecule has 4 aromatic rings. The molecule has 2 unspecified atom stereocenters. The van der Waals surface area contributed by atoms with Crippen LogP contribution in [0.5, 0.6) is 0 Å². The second-order valence-electron chi connectivity index (χ2n) is 10.2. The standard InChI is InChI=1S/C30H38Br2N2OS2/c1-5-9-11-19(7-3)15-21-17-25(36-29(21)31)23-13-14-24(28-27(23)33-35-34-28)26-18-22(30(32)37-26)16-20(8-4)12-10-6-2/h13-14,17-20H,5-12,15-16H2,1-4H3. The molecule has 0 aliphatic carbocycles. The Bertz CT molecular complexity index is 1200.